The summed E-state index contributed by atoms with van der Waals surface area (Å²) in [6, 6.07) is 15.0. The first kappa shape index (κ1) is 18.4. The molecule has 8 heteroatoms. The van der Waals surface area contributed by atoms with Crippen LogP contribution in [0.5, 0.6) is 0 Å². The summed E-state index contributed by atoms with van der Waals surface area (Å²) in [4.78, 5) is 35.0. The quantitative estimate of drug-likeness (QED) is 0.570. The van der Waals surface area contributed by atoms with Crippen LogP contribution in [0.1, 0.15) is 34.9 Å². The summed E-state index contributed by atoms with van der Waals surface area (Å²) in [6.07, 6.45) is 3.37. The van der Waals surface area contributed by atoms with Gasteiger partial charge in [0.05, 0.1) is 23.0 Å². The second kappa shape index (κ2) is 7.29. The highest BCUT2D eigenvalue weighted by molar-refractivity contribution is 5.97. The molecule has 1 aliphatic rings. The van der Waals surface area contributed by atoms with Crippen molar-refractivity contribution >= 4 is 16.9 Å². The predicted octanol–water partition coefficient (Wildman–Crippen LogP) is 2.47. The number of para-hydroxylation sites is 1. The molecule has 5 rings (SSSR count). The van der Waals surface area contributed by atoms with Gasteiger partial charge in [0.25, 0.3) is 5.91 Å². The van der Waals surface area contributed by atoms with Crippen molar-refractivity contribution in [1.82, 2.24) is 29.2 Å². The number of likely N-dealkylation sites (tertiary alicyclic amines) is 1. The molecular weight excluding hydrogens is 380 g/mol. The molecule has 1 fully saturated rings. The first-order chi connectivity index (χ1) is 14.6. The molecule has 4 aromatic rings. The standard InChI is InChI=1S/C22H22N6O2/c1-26-22(30)28(17-7-3-2-4-8-17)20(25-26)16-6-5-11-27(13-16)21(29)15-9-10-18-19(12-15)24-14-23-18/h2-4,7-10,12,14,16H,5-6,11,13H2,1H3,(H,23,24). The highest BCUT2D eigenvalue weighted by Crippen LogP contribution is 2.28. The molecule has 3 heterocycles. The normalized spacial score (nSPS) is 16.8. The van der Waals surface area contributed by atoms with Crippen LogP contribution in [0.25, 0.3) is 16.7 Å². The second-order valence-corrected chi connectivity index (χ2v) is 7.66. The topological polar surface area (TPSA) is 88.8 Å². The molecule has 30 heavy (non-hydrogen) atoms. The molecule has 1 amide bonds. The first-order valence-corrected chi connectivity index (χ1v) is 10.1. The van der Waals surface area contributed by atoms with Gasteiger partial charge in [-0.3, -0.25) is 4.79 Å². The van der Waals surface area contributed by atoms with Gasteiger partial charge in [0.1, 0.15) is 5.82 Å². The van der Waals surface area contributed by atoms with E-state index in [2.05, 4.69) is 15.1 Å². The zero-order valence-electron chi connectivity index (χ0n) is 16.7. The van der Waals surface area contributed by atoms with Gasteiger partial charge in [-0.25, -0.2) is 19.0 Å². The van der Waals surface area contributed by atoms with E-state index in [-0.39, 0.29) is 17.5 Å². The molecule has 1 unspecified atom stereocenters. The van der Waals surface area contributed by atoms with Gasteiger partial charge in [-0.05, 0) is 43.2 Å². The average molecular weight is 402 g/mol. The molecule has 1 N–H and O–H groups in total. The van der Waals surface area contributed by atoms with Crippen molar-refractivity contribution in [2.75, 3.05) is 13.1 Å². The number of imidazole rings is 1. The van der Waals surface area contributed by atoms with Crippen molar-refractivity contribution in [2.45, 2.75) is 18.8 Å². The van der Waals surface area contributed by atoms with Crippen LogP contribution >= 0.6 is 0 Å². The van der Waals surface area contributed by atoms with Crippen LogP contribution < -0.4 is 5.69 Å². The summed E-state index contributed by atoms with van der Waals surface area (Å²) in [5, 5.41) is 4.53. The minimum Gasteiger partial charge on any atom is -0.345 e. The lowest BCUT2D eigenvalue weighted by Gasteiger charge is -2.32. The second-order valence-electron chi connectivity index (χ2n) is 7.66. The van der Waals surface area contributed by atoms with Crippen molar-refractivity contribution in [3.63, 3.8) is 0 Å². The number of aromatic amines is 1. The summed E-state index contributed by atoms with van der Waals surface area (Å²) in [7, 11) is 1.66. The van der Waals surface area contributed by atoms with E-state index in [1.807, 2.05) is 53.4 Å². The largest absolute Gasteiger partial charge is 0.350 e. The van der Waals surface area contributed by atoms with E-state index in [1.165, 1.54) is 4.68 Å². The third-order valence-corrected chi connectivity index (χ3v) is 5.71. The molecule has 0 bridgehead atoms. The van der Waals surface area contributed by atoms with E-state index in [0.717, 1.165) is 29.6 Å². The van der Waals surface area contributed by atoms with E-state index >= 15 is 0 Å². The Morgan fingerprint density at radius 2 is 2.00 bits per heavy atom. The minimum absolute atomic E-state index is 0.00677. The Labute approximate surface area is 172 Å². The van der Waals surface area contributed by atoms with Gasteiger partial charge in [0.2, 0.25) is 0 Å². The Morgan fingerprint density at radius 1 is 1.17 bits per heavy atom. The monoisotopic (exact) mass is 402 g/mol. The Bertz CT molecular complexity index is 1270. The predicted molar refractivity (Wildman–Crippen MR) is 113 cm³/mol. The van der Waals surface area contributed by atoms with Crippen molar-refractivity contribution in [3.05, 3.63) is 76.7 Å². The number of amides is 1. The smallest absolute Gasteiger partial charge is 0.345 e. The van der Waals surface area contributed by atoms with Crippen LogP contribution in [0, 0.1) is 0 Å². The number of aryl methyl sites for hydroxylation is 1. The summed E-state index contributed by atoms with van der Waals surface area (Å²) >= 11 is 0. The van der Waals surface area contributed by atoms with E-state index in [4.69, 9.17) is 0 Å². The fourth-order valence-corrected chi connectivity index (χ4v) is 4.19. The highest BCUT2D eigenvalue weighted by Gasteiger charge is 2.30. The van der Waals surface area contributed by atoms with E-state index < -0.39 is 0 Å². The number of nitrogens with zero attached hydrogens (tertiary/aromatic N) is 5. The number of rotatable bonds is 3. The molecule has 0 aliphatic carbocycles. The lowest BCUT2D eigenvalue weighted by atomic mass is 9.96. The maximum atomic E-state index is 13.2. The first-order valence-electron chi connectivity index (χ1n) is 10.1. The van der Waals surface area contributed by atoms with Gasteiger partial charge < -0.3 is 9.88 Å². The molecule has 1 aliphatic heterocycles. The molecular formula is C22H22N6O2. The molecule has 0 radical (unpaired) electrons. The van der Waals surface area contributed by atoms with Gasteiger partial charge in [-0.15, -0.1) is 0 Å². The molecule has 1 atom stereocenters. The summed E-state index contributed by atoms with van der Waals surface area (Å²) in [5.41, 5.74) is 2.93. The third-order valence-electron chi connectivity index (χ3n) is 5.71. The van der Waals surface area contributed by atoms with Crippen LogP contribution in [0.15, 0.2) is 59.7 Å². The maximum Gasteiger partial charge on any atom is 0.350 e. The van der Waals surface area contributed by atoms with E-state index in [0.29, 0.717) is 24.5 Å². The minimum atomic E-state index is -0.177. The van der Waals surface area contributed by atoms with Crippen molar-refractivity contribution < 1.29 is 4.79 Å². The van der Waals surface area contributed by atoms with Gasteiger partial charge in [0, 0.05) is 31.6 Å². The summed E-state index contributed by atoms with van der Waals surface area (Å²) in [6.45, 7) is 1.22. The Hall–Kier alpha value is -3.68. The number of fused-ring (bicyclic) bond motifs is 1. The van der Waals surface area contributed by atoms with E-state index in [9.17, 15) is 9.59 Å². The molecule has 0 saturated carbocycles. The summed E-state index contributed by atoms with van der Waals surface area (Å²) < 4.78 is 3.03. The zero-order valence-corrected chi connectivity index (χ0v) is 16.7. The molecule has 1 saturated heterocycles. The van der Waals surface area contributed by atoms with Crippen LogP contribution in [-0.4, -0.2) is 48.2 Å². The van der Waals surface area contributed by atoms with Crippen LogP contribution in [0.2, 0.25) is 0 Å². The van der Waals surface area contributed by atoms with Crippen LogP contribution in [0.4, 0.5) is 0 Å². The zero-order chi connectivity index (χ0) is 20.7. The SMILES string of the molecule is Cn1nc(C2CCCN(C(=O)c3ccc4nc[nH]c4c3)C2)n(-c2ccccc2)c1=O. The highest BCUT2D eigenvalue weighted by atomic mass is 16.2. The number of hydrogen-bond donors (Lipinski definition) is 1. The number of H-pyrrole nitrogens is 1. The average Bonchev–Trinajstić information content (AvgIpc) is 3.37. The summed E-state index contributed by atoms with van der Waals surface area (Å²) in [5.74, 6) is 0.684. The van der Waals surface area contributed by atoms with Crippen molar-refractivity contribution in [1.29, 1.82) is 0 Å². The molecule has 8 nitrogen and oxygen atoms in total. The molecule has 0 spiro atoms. The third kappa shape index (κ3) is 3.10. The fourth-order valence-electron chi connectivity index (χ4n) is 4.19. The Kier molecular flexibility index (Phi) is 4.46. The van der Waals surface area contributed by atoms with Gasteiger partial charge >= 0.3 is 5.69 Å². The number of nitrogens with one attached hydrogen (secondary N) is 1. The van der Waals surface area contributed by atoms with Crippen LogP contribution in [-0.2, 0) is 7.05 Å². The molecule has 2 aromatic heterocycles. The van der Waals surface area contributed by atoms with Gasteiger partial charge in [0.15, 0.2) is 0 Å². The number of carbonyl (C=O) groups excluding carboxylic acids is 1. The van der Waals surface area contributed by atoms with Crippen LogP contribution in [0.3, 0.4) is 0 Å². The number of hydrogen-bond acceptors (Lipinski definition) is 4. The number of piperidine rings is 1. The van der Waals surface area contributed by atoms with E-state index in [1.54, 1.807) is 17.9 Å². The number of aromatic nitrogens is 5. The van der Waals surface area contributed by atoms with Crippen molar-refractivity contribution in [2.24, 2.45) is 7.05 Å². The van der Waals surface area contributed by atoms with Gasteiger partial charge in [-0.1, -0.05) is 18.2 Å². The lowest BCUT2D eigenvalue weighted by Crippen LogP contribution is -2.40. The lowest BCUT2D eigenvalue weighted by molar-refractivity contribution is 0.0704. The Balaban J connectivity index is 1.45. The molecule has 152 valence electrons. The number of benzene rings is 2. The fraction of sp³-hybridized carbons (Fsp3) is 0.273. The maximum absolute atomic E-state index is 13.2. The van der Waals surface area contributed by atoms with Gasteiger partial charge in [-0.2, -0.15) is 5.10 Å². The Morgan fingerprint density at radius 3 is 2.83 bits per heavy atom. The van der Waals surface area contributed by atoms with Crippen molar-refractivity contribution in [3.8, 4) is 5.69 Å². The number of carbonyl (C=O) groups is 1. The molecule has 2 aromatic carbocycles.